The molecule has 2 N–H and O–H groups in total. The highest BCUT2D eigenvalue weighted by atomic mass is 32.2. The lowest BCUT2D eigenvalue weighted by Gasteiger charge is -2.55. The van der Waals surface area contributed by atoms with Gasteiger partial charge in [0.1, 0.15) is 0 Å². The number of allylic oxidation sites excluding steroid dienone is 1. The Balaban J connectivity index is 1.53. The van der Waals surface area contributed by atoms with Crippen molar-refractivity contribution in [3.8, 4) is 0 Å². The van der Waals surface area contributed by atoms with Crippen LogP contribution < -0.4 is 0 Å². The van der Waals surface area contributed by atoms with E-state index in [4.69, 9.17) is 0 Å². The molecule has 3 fully saturated rings. The van der Waals surface area contributed by atoms with Crippen LogP contribution >= 0.6 is 0 Å². The second kappa shape index (κ2) is 7.25. The van der Waals surface area contributed by atoms with Crippen LogP contribution in [0.4, 0.5) is 0 Å². The minimum absolute atomic E-state index is 0.339. The Morgan fingerprint density at radius 2 is 2.00 bits per heavy atom. The van der Waals surface area contributed by atoms with E-state index in [0.29, 0.717) is 28.9 Å². The summed E-state index contributed by atoms with van der Waals surface area (Å²) in [7, 11) is 0. The molecule has 0 radical (unpaired) electrons. The number of rotatable bonds is 4. The van der Waals surface area contributed by atoms with Crippen molar-refractivity contribution in [3.63, 3.8) is 0 Å². The van der Waals surface area contributed by atoms with Crippen LogP contribution in [0.5, 0.6) is 0 Å². The third-order valence-corrected chi connectivity index (χ3v) is 10.2. The first-order valence-corrected chi connectivity index (χ1v) is 12.5. The van der Waals surface area contributed by atoms with Crippen molar-refractivity contribution in [2.75, 3.05) is 5.75 Å². The summed E-state index contributed by atoms with van der Waals surface area (Å²) in [4.78, 5) is 0. The molecule has 0 heterocycles. The average molecular weight is 395 g/mol. The Bertz CT molecular complexity index is 631. The molecule has 0 saturated heterocycles. The average Bonchev–Trinajstić information content (AvgIpc) is 2.98. The minimum Gasteiger partial charge on any atom is -0.390 e. The monoisotopic (exact) mass is 394 g/mol. The van der Waals surface area contributed by atoms with E-state index in [0.717, 1.165) is 37.0 Å². The lowest BCUT2D eigenvalue weighted by atomic mass is 9.50. The van der Waals surface area contributed by atoms with Crippen molar-refractivity contribution in [2.24, 2.45) is 40.9 Å². The Morgan fingerprint density at radius 3 is 2.70 bits per heavy atom. The number of hydrogen-bond donors (Lipinski definition) is 2. The van der Waals surface area contributed by atoms with Crippen LogP contribution in [0.25, 0.3) is 0 Å². The lowest BCUT2D eigenvalue weighted by molar-refractivity contribution is -0.0444. The number of aliphatic hydroxyl groups is 1. The first-order chi connectivity index (χ1) is 12.8. The van der Waals surface area contributed by atoms with Gasteiger partial charge < -0.3 is 9.66 Å². The van der Waals surface area contributed by atoms with E-state index in [-0.39, 0.29) is 0 Å². The van der Waals surface area contributed by atoms with Gasteiger partial charge in [-0.05, 0) is 98.7 Å². The van der Waals surface area contributed by atoms with Gasteiger partial charge in [-0.3, -0.25) is 0 Å². The molecule has 154 valence electrons. The zero-order chi connectivity index (χ0) is 19.4. The maximum atomic E-state index is 11.4. The van der Waals surface area contributed by atoms with E-state index < -0.39 is 16.7 Å². The summed E-state index contributed by atoms with van der Waals surface area (Å²) in [6, 6.07) is 0. The first kappa shape index (κ1) is 20.1. The predicted molar refractivity (Wildman–Crippen MR) is 111 cm³/mol. The molecule has 27 heavy (non-hydrogen) atoms. The molecule has 0 amide bonds. The van der Waals surface area contributed by atoms with Crippen LogP contribution in [-0.2, 0) is 11.1 Å². The van der Waals surface area contributed by atoms with Gasteiger partial charge in [0.15, 0.2) is 11.1 Å². The van der Waals surface area contributed by atoms with Gasteiger partial charge in [0, 0.05) is 0 Å². The summed E-state index contributed by atoms with van der Waals surface area (Å²) in [5.74, 6) is 4.46. The van der Waals surface area contributed by atoms with E-state index in [2.05, 4.69) is 26.8 Å². The molecule has 9 atom stereocenters. The quantitative estimate of drug-likeness (QED) is 0.510. The van der Waals surface area contributed by atoms with E-state index >= 15 is 0 Å². The van der Waals surface area contributed by atoms with Crippen LogP contribution in [-0.4, -0.2) is 25.2 Å². The molecular weight excluding hydrogens is 356 g/mol. The van der Waals surface area contributed by atoms with Crippen molar-refractivity contribution in [3.05, 3.63) is 11.6 Å². The van der Waals surface area contributed by atoms with Gasteiger partial charge in [0.05, 0.1) is 11.4 Å². The van der Waals surface area contributed by atoms with Gasteiger partial charge in [-0.2, -0.15) is 0 Å². The van der Waals surface area contributed by atoms with E-state index in [1.54, 1.807) is 5.57 Å². The van der Waals surface area contributed by atoms with Gasteiger partial charge in [0.25, 0.3) is 0 Å². The maximum absolute atomic E-state index is 11.4. The van der Waals surface area contributed by atoms with Crippen molar-refractivity contribution in [1.82, 2.24) is 0 Å². The topological polar surface area (TPSA) is 57.5 Å². The third-order valence-electron chi connectivity index (χ3n) is 9.42. The van der Waals surface area contributed by atoms with Crippen LogP contribution in [0.1, 0.15) is 78.6 Å². The third kappa shape index (κ3) is 3.38. The molecule has 4 rings (SSSR count). The Morgan fingerprint density at radius 1 is 1.22 bits per heavy atom. The molecule has 3 nitrogen and oxygen atoms in total. The first-order valence-electron chi connectivity index (χ1n) is 11.3. The Hall–Kier alpha value is -0.190. The standard InChI is InChI=1S/C23H38O3S/c1-4-23(24)12-10-17-16(13-23)5-6-19-18(17)9-11-22(3)20(7-8-21(19)22)15(2)14-27(25)26/h5,15,17-21,24H,4,6-14H2,1-3H3,(H,25,26)/t15-,17+,18-,19?,20-,21+,22-,23+/m1/s1. The number of fused-ring (bicyclic) bond motifs is 5. The van der Waals surface area contributed by atoms with Crippen LogP contribution in [0, 0.1) is 40.9 Å². The Labute approximate surface area is 167 Å². The molecule has 0 aromatic rings. The molecule has 0 aromatic heterocycles. The summed E-state index contributed by atoms with van der Waals surface area (Å²) in [6.07, 6.45) is 12.8. The molecule has 4 aliphatic rings. The van der Waals surface area contributed by atoms with Gasteiger partial charge in [-0.15, -0.1) is 0 Å². The van der Waals surface area contributed by atoms with Crippen molar-refractivity contribution >= 4 is 11.1 Å². The predicted octanol–water partition coefficient (Wildman–Crippen LogP) is 5.17. The van der Waals surface area contributed by atoms with E-state index in [1.165, 1.54) is 38.5 Å². The van der Waals surface area contributed by atoms with Crippen molar-refractivity contribution in [2.45, 2.75) is 84.2 Å². The lowest BCUT2D eigenvalue weighted by Crippen LogP contribution is -2.48. The van der Waals surface area contributed by atoms with Gasteiger partial charge >= 0.3 is 0 Å². The SMILES string of the molecule is CC[C@]1(O)CC[C@H]2C(=CCC3[C@@H]2CC[C@]2(C)[C@@H]([C@H](C)CS(=O)O)CC[C@@H]32)C1. The van der Waals surface area contributed by atoms with E-state index in [1.807, 2.05) is 0 Å². The highest BCUT2D eigenvalue weighted by molar-refractivity contribution is 7.79. The highest BCUT2D eigenvalue weighted by Gasteiger charge is 2.57. The van der Waals surface area contributed by atoms with Crippen molar-refractivity contribution < 1.29 is 13.9 Å². The fraction of sp³-hybridized carbons (Fsp3) is 0.913. The molecule has 0 bridgehead atoms. The van der Waals surface area contributed by atoms with Crippen LogP contribution in [0.3, 0.4) is 0 Å². The smallest absolute Gasteiger partial charge is 0.153 e. The molecule has 0 aromatic carbocycles. The van der Waals surface area contributed by atoms with Crippen LogP contribution in [0.15, 0.2) is 11.6 Å². The maximum Gasteiger partial charge on any atom is 0.153 e. The molecule has 3 saturated carbocycles. The van der Waals surface area contributed by atoms with Gasteiger partial charge in [-0.1, -0.05) is 32.4 Å². The number of hydrogen-bond acceptors (Lipinski definition) is 2. The Kier molecular flexibility index (Phi) is 5.40. The largest absolute Gasteiger partial charge is 0.390 e. The molecule has 4 aliphatic carbocycles. The summed E-state index contributed by atoms with van der Waals surface area (Å²) >= 11 is -1.68. The minimum atomic E-state index is -1.68. The summed E-state index contributed by atoms with van der Waals surface area (Å²) in [5.41, 5.74) is 1.46. The normalized spacial score (nSPS) is 48.8. The highest BCUT2D eigenvalue weighted by Crippen LogP contribution is 2.64. The second-order valence-corrected chi connectivity index (χ2v) is 11.5. The zero-order valence-electron chi connectivity index (χ0n) is 17.3. The summed E-state index contributed by atoms with van der Waals surface area (Å²) in [5, 5.41) is 10.8. The molecule has 4 heteroatoms. The van der Waals surface area contributed by atoms with Crippen molar-refractivity contribution in [1.29, 1.82) is 0 Å². The molecule has 0 spiro atoms. The van der Waals surface area contributed by atoms with Gasteiger partial charge in [-0.25, -0.2) is 4.21 Å². The molecular formula is C23H38O3S. The fourth-order valence-corrected chi connectivity index (χ4v) is 8.66. The fourth-order valence-electron chi connectivity index (χ4n) is 7.98. The van der Waals surface area contributed by atoms with E-state index in [9.17, 15) is 13.9 Å². The zero-order valence-corrected chi connectivity index (χ0v) is 18.1. The summed E-state index contributed by atoms with van der Waals surface area (Å²) in [6.45, 7) is 6.82. The second-order valence-electron chi connectivity index (χ2n) is 10.5. The summed E-state index contributed by atoms with van der Waals surface area (Å²) < 4.78 is 20.8. The molecule has 2 unspecified atom stereocenters. The van der Waals surface area contributed by atoms with Crippen LogP contribution in [0.2, 0.25) is 0 Å². The van der Waals surface area contributed by atoms with Gasteiger partial charge in [0.2, 0.25) is 0 Å². The molecule has 0 aliphatic heterocycles.